The van der Waals surface area contributed by atoms with Crippen LogP contribution in [0.3, 0.4) is 0 Å². The summed E-state index contributed by atoms with van der Waals surface area (Å²) in [5.41, 5.74) is 11.4. The summed E-state index contributed by atoms with van der Waals surface area (Å²) in [5.74, 6) is -4.71. The van der Waals surface area contributed by atoms with E-state index in [1.807, 2.05) is 0 Å². The Balaban J connectivity index is 2.89. The molecule has 9 N–H and O–H groups in total. The van der Waals surface area contributed by atoms with Crippen LogP contribution in [0.5, 0.6) is 0 Å². The average molecular weight is 474 g/mol. The van der Waals surface area contributed by atoms with Gasteiger partial charge in [0.2, 0.25) is 17.7 Å². The Morgan fingerprint density at radius 1 is 1.09 bits per heavy atom. The van der Waals surface area contributed by atoms with E-state index in [2.05, 4.69) is 10.6 Å². The van der Waals surface area contributed by atoms with Gasteiger partial charge in [-0.15, -0.1) is 0 Å². The third-order valence-corrected chi connectivity index (χ3v) is 5.45. The molecule has 0 aromatic heterocycles. The molecule has 1 aliphatic heterocycles. The van der Waals surface area contributed by atoms with Crippen LogP contribution >= 0.6 is 0 Å². The highest BCUT2D eigenvalue weighted by Crippen LogP contribution is 2.20. The van der Waals surface area contributed by atoms with Crippen molar-refractivity contribution < 1.29 is 39.3 Å². The number of aliphatic carboxylic acids is 2. The molecule has 1 aliphatic rings. The molecule has 5 atom stereocenters. The highest BCUT2D eigenvalue weighted by molar-refractivity contribution is 5.94. The summed E-state index contributed by atoms with van der Waals surface area (Å²) in [6.45, 7) is 1.96. The van der Waals surface area contributed by atoms with Crippen LogP contribution in [0.25, 0.3) is 0 Å². The Labute approximate surface area is 191 Å². The van der Waals surface area contributed by atoms with Gasteiger partial charge in [-0.2, -0.15) is 0 Å². The fraction of sp³-hybridized carbons (Fsp3) is 0.750. The van der Waals surface area contributed by atoms with Crippen molar-refractivity contribution in [1.82, 2.24) is 15.5 Å². The third kappa shape index (κ3) is 8.94. The van der Waals surface area contributed by atoms with Crippen molar-refractivity contribution >= 4 is 29.7 Å². The summed E-state index contributed by atoms with van der Waals surface area (Å²) in [7, 11) is 0. The molecule has 0 aromatic carbocycles. The number of unbranched alkanes of at least 4 members (excludes halogenated alkanes) is 1. The molecule has 3 amide bonds. The number of aliphatic hydroxyl groups is 1. The number of nitrogens with two attached hydrogens (primary N) is 2. The van der Waals surface area contributed by atoms with Crippen LogP contribution in [0.4, 0.5) is 0 Å². The number of carbonyl (C=O) groups is 5. The van der Waals surface area contributed by atoms with Gasteiger partial charge >= 0.3 is 11.9 Å². The molecule has 0 aliphatic carbocycles. The van der Waals surface area contributed by atoms with Gasteiger partial charge in [-0.3, -0.25) is 19.2 Å². The molecule has 0 saturated carbocycles. The second kappa shape index (κ2) is 13.7. The van der Waals surface area contributed by atoms with E-state index in [0.29, 0.717) is 38.8 Å². The topological polar surface area (TPSA) is 225 Å². The summed E-state index contributed by atoms with van der Waals surface area (Å²) in [4.78, 5) is 61.8. The Hall–Kier alpha value is -2.77. The number of hydrogen-bond donors (Lipinski definition) is 7. The molecule has 5 unspecified atom stereocenters. The van der Waals surface area contributed by atoms with Crippen molar-refractivity contribution in [2.45, 2.75) is 82.1 Å². The number of amides is 3. The minimum Gasteiger partial charge on any atom is -0.481 e. The Morgan fingerprint density at radius 2 is 1.76 bits per heavy atom. The van der Waals surface area contributed by atoms with Crippen molar-refractivity contribution in [2.24, 2.45) is 11.5 Å². The zero-order valence-corrected chi connectivity index (χ0v) is 18.7. The Kier molecular flexibility index (Phi) is 11.7. The van der Waals surface area contributed by atoms with E-state index in [4.69, 9.17) is 21.7 Å². The fourth-order valence-electron chi connectivity index (χ4n) is 3.60. The summed E-state index contributed by atoms with van der Waals surface area (Å²) < 4.78 is 0. The van der Waals surface area contributed by atoms with E-state index in [1.54, 1.807) is 0 Å². The van der Waals surface area contributed by atoms with Crippen LogP contribution in [0.15, 0.2) is 0 Å². The molecule has 0 aromatic rings. The second-order valence-corrected chi connectivity index (χ2v) is 8.14. The SMILES string of the molecule is CC(O)C(NC(=O)C(CCC(=O)O)NC(=O)C1CCCN1C(=O)C(N)CCCCN)C(=O)O. The summed E-state index contributed by atoms with van der Waals surface area (Å²) in [6, 6.07) is -4.69. The van der Waals surface area contributed by atoms with Gasteiger partial charge in [-0.1, -0.05) is 6.42 Å². The van der Waals surface area contributed by atoms with Crippen LogP contribution in [-0.4, -0.2) is 93.2 Å². The summed E-state index contributed by atoms with van der Waals surface area (Å²) >= 11 is 0. The number of carbonyl (C=O) groups excluding carboxylic acids is 3. The number of hydrogen-bond acceptors (Lipinski definition) is 8. The van der Waals surface area contributed by atoms with Crippen molar-refractivity contribution in [3.63, 3.8) is 0 Å². The number of likely N-dealkylation sites (tertiary alicyclic amines) is 1. The molecular weight excluding hydrogens is 438 g/mol. The molecule has 0 spiro atoms. The Morgan fingerprint density at radius 3 is 2.30 bits per heavy atom. The number of rotatable bonds is 14. The zero-order chi connectivity index (χ0) is 25.1. The fourth-order valence-corrected chi connectivity index (χ4v) is 3.60. The van der Waals surface area contributed by atoms with Crippen LogP contribution < -0.4 is 22.1 Å². The first-order valence-corrected chi connectivity index (χ1v) is 11.0. The number of aliphatic hydroxyl groups excluding tert-OH is 1. The normalized spacial score (nSPS) is 19.3. The van der Waals surface area contributed by atoms with Gasteiger partial charge < -0.3 is 42.3 Å². The van der Waals surface area contributed by atoms with E-state index in [9.17, 15) is 29.1 Å². The molecule has 188 valence electrons. The highest BCUT2D eigenvalue weighted by Gasteiger charge is 2.38. The van der Waals surface area contributed by atoms with E-state index < -0.39 is 66.4 Å². The molecule has 0 radical (unpaired) electrons. The Bertz CT molecular complexity index is 717. The van der Waals surface area contributed by atoms with Gasteiger partial charge in [0.25, 0.3) is 0 Å². The lowest BCUT2D eigenvalue weighted by Crippen LogP contribution is -2.58. The lowest BCUT2D eigenvalue weighted by Gasteiger charge is -2.28. The van der Waals surface area contributed by atoms with Gasteiger partial charge in [0, 0.05) is 13.0 Å². The first-order valence-electron chi connectivity index (χ1n) is 11.0. The van der Waals surface area contributed by atoms with Gasteiger partial charge in [0.1, 0.15) is 12.1 Å². The lowest BCUT2D eigenvalue weighted by atomic mass is 10.1. The smallest absolute Gasteiger partial charge is 0.328 e. The van der Waals surface area contributed by atoms with Crippen molar-refractivity contribution in [3.8, 4) is 0 Å². The molecule has 1 heterocycles. The number of nitrogens with zero attached hydrogens (tertiary/aromatic N) is 1. The van der Waals surface area contributed by atoms with E-state index in [0.717, 1.165) is 6.42 Å². The van der Waals surface area contributed by atoms with Gasteiger partial charge in [-0.25, -0.2) is 4.79 Å². The predicted octanol–water partition coefficient (Wildman–Crippen LogP) is -2.27. The molecular formula is C20H35N5O8. The first kappa shape index (κ1) is 28.3. The minimum atomic E-state index is -1.64. The maximum absolute atomic E-state index is 12.9. The molecule has 1 rings (SSSR count). The van der Waals surface area contributed by atoms with Crippen molar-refractivity contribution in [1.29, 1.82) is 0 Å². The molecule has 0 bridgehead atoms. The lowest BCUT2D eigenvalue weighted by molar-refractivity contribution is -0.146. The maximum Gasteiger partial charge on any atom is 0.328 e. The quantitative estimate of drug-likeness (QED) is 0.134. The average Bonchev–Trinajstić information content (AvgIpc) is 3.23. The number of carboxylic acid groups (broad SMARTS) is 2. The minimum absolute atomic E-state index is 0.307. The van der Waals surface area contributed by atoms with E-state index >= 15 is 0 Å². The van der Waals surface area contributed by atoms with Gasteiger partial charge in [0.05, 0.1) is 12.1 Å². The second-order valence-electron chi connectivity index (χ2n) is 8.14. The van der Waals surface area contributed by atoms with Crippen LogP contribution in [0.1, 0.15) is 51.9 Å². The molecule has 33 heavy (non-hydrogen) atoms. The standard InChI is InChI=1S/C20H35N5O8/c1-11(26)16(20(32)33)24-17(29)13(7-8-15(27)28)23-18(30)14-6-4-10-25(14)19(31)12(22)5-2-3-9-21/h11-14,16,26H,2-10,21-22H2,1H3,(H,23,30)(H,24,29)(H,27,28)(H,32,33). The van der Waals surface area contributed by atoms with Gasteiger partial charge in [0.15, 0.2) is 6.04 Å². The predicted molar refractivity (Wildman–Crippen MR) is 116 cm³/mol. The molecule has 1 fully saturated rings. The van der Waals surface area contributed by atoms with Crippen molar-refractivity contribution in [3.05, 3.63) is 0 Å². The largest absolute Gasteiger partial charge is 0.481 e. The molecule has 13 heteroatoms. The first-order chi connectivity index (χ1) is 15.5. The molecule has 13 nitrogen and oxygen atoms in total. The third-order valence-electron chi connectivity index (χ3n) is 5.45. The summed E-state index contributed by atoms with van der Waals surface area (Å²) in [6.07, 6.45) is 0.489. The number of carboxylic acids is 2. The van der Waals surface area contributed by atoms with Crippen LogP contribution in [0.2, 0.25) is 0 Å². The van der Waals surface area contributed by atoms with Crippen LogP contribution in [0, 0.1) is 0 Å². The monoisotopic (exact) mass is 473 g/mol. The van der Waals surface area contributed by atoms with Crippen molar-refractivity contribution in [2.75, 3.05) is 13.1 Å². The van der Waals surface area contributed by atoms with E-state index in [-0.39, 0.29) is 6.42 Å². The number of nitrogens with one attached hydrogen (secondary N) is 2. The molecule has 1 saturated heterocycles. The zero-order valence-electron chi connectivity index (χ0n) is 18.7. The summed E-state index contributed by atoms with van der Waals surface area (Å²) in [5, 5.41) is 32.2. The highest BCUT2D eigenvalue weighted by atomic mass is 16.4. The van der Waals surface area contributed by atoms with Crippen LogP contribution in [-0.2, 0) is 24.0 Å². The van der Waals surface area contributed by atoms with Gasteiger partial charge in [-0.05, 0) is 45.6 Å². The maximum atomic E-state index is 12.9. The van der Waals surface area contributed by atoms with E-state index in [1.165, 1.54) is 11.8 Å².